The molecule has 1 aromatic heterocycles. The summed E-state index contributed by atoms with van der Waals surface area (Å²) in [7, 11) is 0. The van der Waals surface area contributed by atoms with E-state index >= 15 is 0 Å². The van der Waals surface area contributed by atoms with E-state index in [0.29, 0.717) is 0 Å². The number of rotatable bonds is 11. The maximum Gasteiger partial charge on any atom is 0.345 e. The molecule has 136 valence electrons. The van der Waals surface area contributed by atoms with E-state index in [2.05, 4.69) is 46.4 Å². The zero-order chi connectivity index (χ0) is 17.2. The van der Waals surface area contributed by atoms with Gasteiger partial charge in [-0.1, -0.05) is 48.4 Å². The molecule has 0 bridgehead atoms. The van der Waals surface area contributed by atoms with Crippen LogP contribution in [0, 0.1) is 0 Å². The fraction of sp³-hybridized carbons (Fsp3) is 0.812. The van der Waals surface area contributed by atoms with Crippen LogP contribution in [0.15, 0.2) is 5.16 Å². The van der Waals surface area contributed by atoms with Crippen molar-refractivity contribution in [2.75, 3.05) is 60.7 Å². The standard InChI is InChI=1S/C16H31N7S/c1-4-7-8-13-24-16-20-14(18-10-9-17-5-2)23-15(21-16)19-11-12-22(23)6-3/h17H,4-13H2,1-3H3,(H,18,19,20,21)/p+1. The van der Waals surface area contributed by atoms with E-state index in [9.17, 15) is 0 Å². The van der Waals surface area contributed by atoms with Crippen molar-refractivity contribution in [3.05, 3.63) is 0 Å². The predicted octanol–water partition coefficient (Wildman–Crippen LogP) is 1.45. The number of hydrogen-bond acceptors (Lipinski definition) is 7. The lowest BCUT2D eigenvalue weighted by atomic mass is 10.3. The lowest BCUT2D eigenvalue weighted by Gasteiger charge is -2.29. The van der Waals surface area contributed by atoms with Gasteiger partial charge in [0.15, 0.2) is 0 Å². The molecule has 0 amide bonds. The van der Waals surface area contributed by atoms with Crippen molar-refractivity contribution < 1.29 is 4.68 Å². The quantitative estimate of drug-likeness (QED) is 0.316. The van der Waals surface area contributed by atoms with Crippen molar-refractivity contribution in [3.8, 4) is 0 Å². The van der Waals surface area contributed by atoms with Crippen LogP contribution in [0.2, 0.25) is 0 Å². The Kier molecular flexibility index (Phi) is 8.38. The molecular formula is C16H32N7S+. The third-order valence-electron chi connectivity index (χ3n) is 3.92. The molecule has 0 fully saturated rings. The maximum atomic E-state index is 4.77. The first kappa shape index (κ1) is 19.1. The Morgan fingerprint density at radius 3 is 2.83 bits per heavy atom. The smallest absolute Gasteiger partial charge is 0.314 e. The molecule has 0 saturated carbocycles. The van der Waals surface area contributed by atoms with E-state index in [1.807, 2.05) is 0 Å². The highest BCUT2D eigenvalue weighted by atomic mass is 32.2. The second-order valence-corrected chi connectivity index (χ2v) is 6.84. The summed E-state index contributed by atoms with van der Waals surface area (Å²) in [5.41, 5.74) is 0. The largest absolute Gasteiger partial charge is 0.345 e. The molecule has 0 aromatic carbocycles. The highest BCUT2D eigenvalue weighted by Gasteiger charge is 2.27. The van der Waals surface area contributed by atoms with Crippen LogP contribution in [-0.2, 0) is 0 Å². The molecule has 2 rings (SSSR count). The number of nitrogens with one attached hydrogen (secondary N) is 3. The second kappa shape index (κ2) is 10.6. The van der Waals surface area contributed by atoms with E-state index in [1.54, 1.807) is 11.8 Å². The number of likely N-dealkylation sites (N-methyl/N-ethyl adjacent to an activating group) is 2. The van der Waals surface area contributed by atoms with E-state index in [0.717, 1.165) is 62.1 Å². The third-order valence-corrected chi connectivity index (χ3v) is 4.85. The summed E-state index contributed by atoms with van der Waals surface area (Å²) in [5.74, 6) is 2.85. The lowest BCUT2D eigenvalue weighted by Crippen LogP contribution is -2.65. The molecule has 0 radical (unpaired) electrons. The molecule has 0 spiro atoms. The SMILES string of the molecule is CCCCCSc1nc(NCCNCC)[n+]2c(n1)NCCN2CC. The summed E-state index contributed by atoms with van der Waals surface area (Å²) in [4.78, 5) is 9.49. The summed E-state index contributed by atoms with van der Waals surface area (Å²) in [6.07, 6.45) is 3.72. The summed E-state index contributed by atoms with van der Waals surface area (Å²) in [6, 6.07) is 0. The number of anilines is 2. The molecule has 0 atom stereocenters. The van der Waals surface area contributed by atoms with E-state index in [4.69, 9.17) is 9.97 Å². The summed E-state index contributed by atoms with van der Waals surface area (Å²) >= 11 is 1.75. The molecule has 3 N–H and O–H groups in total. The summed E-state index contributed by atoms with van der Waals surface area (Å²) in [5, 5.41) is 13.3. The van der Waals surface area contributed by atoms with Crippen molar-refractivity contribution in [1.82, 2.24) is 15.3 Å². The minimum atomic E-state index is 0.849. The summed E-state index contributed by atoms with van der Waals surface area (Å²) in [6.45, 7) is 12.1. The minimum Gasteiger partial charge on any atom is -0.314 e. The molecule has 1 aromatic rings. The Morgan fingerprint density at radius 1 is 1.21 bits per heavy atom. The van der Waals surface area contributed by atoms with Crippen LogP contribution in [0.5, 0.6) is 0 Å². The fourth-order valence-electron chi connectivity index (χ4n) is 2.61. The Labute approximate surface area is 150 Å². The molecule has 1 aliphatic rings. The third kappa shape index (κ3) is 5.37. The first-order chi connectivity index (χ1) is 11.8. The van der Waals surface area contributed by atoms with Crippen LogP contribution in [0.25, 0.3) is 0 Å². The van der Waals surface area contributed by atoms with Crippen LogP contribution >= 0.6 is 11.8 Å². The lowest BCUT2D eigenvalue weighted by molar-refractivity contribution is -0.674. The van der Waals surface area contributed by atoms with Crippen LogP contribution in [-0.4, -0.2) is 55.0 Å². The van der Waals surface area contributed by atoms with Gasteiger partial charge in [0, 0.05) is 18.8 Å². The van der Waals surface area contributed by atoms with E-state index in [1.165, 1.54) is 19.3 Å². The van der Waals surface area contributed by atoms with Crippen LogP contribution in [0.1, 0.15) is 40.0 Å². The Balaban J connectivity index is 2.13. The number of hydrogen-bond donors (Lipinski definition) is 3. The van der Waals surface area contributed by atoms with Gasteiger partial charge in [-0.3, -0.25) is 5.01 Å². The number of thioether (sulfide) groups is 1. The molecule has 2 heterocycles. The van der Waals surface area contributed by atoms with Gasteiger partial charge in [0.2, 0.25) is 0 Å². The van der Waals surface area contributed by atoms with Crippen LogP contribution in [0.3, 0.4) is 0 Å². The van der Waals surface area contributed by atoms with Crippen LogP contribution < -0.4 is 25.6 Å². The van der Waals surface area contributed by atoms with E-state index < -0.39 is 0 Å². The summed E-state index contributed by atoms with van der Waals surface area (Å²) < 4.78 is 2.09. The Hall–Kier alpha value is -1.28. The van der Waals surface area contributed by atoms with Gasteiger partial charge in [-0.25, -0.2) is 0 Å². The molecular weight excluding hydrogens is 322 g/mol. The van der Waals surface area contributed by atoms with Gasteiger partial charge in [-0.05, 0) is 19.9 Å². The Bertz CT molecular complexity index is 498. The maximum absolute atomic E-state index is 4.77. The molecule has 8 heteroatoms. The van der Waals surface area contributed by atoms with Gasteiger partial charge < -0.3 is 16.0 Å². The van der Waals surface area contributed by atoms with Crippen molar-refractivity contribution in [2.24, 2.45) is 0 Å². The number of fused-ring (bicyclic) bond motifs is 1. The van der Waals surface area contributed by atoms with Gasteiger partial charge in [0.25, 0.3) is 5.16 Å². The zero-order valence-corrected chi connectivity index (χ0v) is 16.1. The second-order valence-electron chi connectivity index (χ2n) is 5.77. The highest BCUT2D eigenvalue weighted by molar-refractivity contribution is 7.99. The molecule has 0 aliphatic carbocycles. The van der Waals surface area contributed by atoms with Gasteiger partial charge >= 0.3 is 11.9 Å². The highest BCUT2D eigenvalue weighted by Crippen LogP contribution is 2.18. The minimum absolute atomic E-state index is 0.849. The predicted molar refractivity (Wildman–Crippen MR) is 102 cm³/mol. The van der Waals surface area contributed by atoms with Gasteiger partial charge in [0.1, 0.15) is 0 Å². The van der Waals surface area contributed by atoms with Crippen molar-refractivity contribution in [1.29, 1.82) is 0 Å². The fourth-order valence-corrected chi connectivity index (χ4v) is 3.45. The zero-order valence-electron chi connectivity index (χ0n) is 15.3. The number of nitrogens with zero attached hydrogens (tertiary/aromatic N) is 4. The molecule has 0 saturated heterocycles. The Morgan fingerprint density at radius 2 is 2.08 bits per heavy atom. The van der Waals surface area contributed by atoms with Crippen molar-refractivity contribution >= 4 is 23.7 Å². The average Bonchev–Trinajstić information content (AvgIpc) is 2.61. The van der Waals surface area contributed by atoms with Gasteiger partial charge in [-0.2, -0.15) is 0 Å². The first-order valence-electron chi connectivity index (χ1n) is 9.20. The molecule has 24 heavy (non-hydrogen) atoms. The van der Waals surface area contributed by atoms with Gasteiger partial charge in [-0.15, -0.1) is 4.68 Å². The molecule has 0 unspecified atom stereocenters. The topological polar surface area (TPSA) is 69.0 Å². The van der Waals surface area contributed by atoms with E-state index in [-0.39, 0.29) is 0 Å². The average molecular weight is 355 g/mol. The monoisotopic (exact) mass is 354 g/mol. The molecule has 1 aliphatic heterocycles. The first-order valence-corrected chi connectivity index (χ1v) is 10.2. The molecule has 7 nitrogen and oxygen atoms in total. The van der Waals surface area contributed by atoms with Crippen molar-refractivity contribution in [3.63, 3.8) is 0 Å². The number of aromatic nitrogens is 3. The van der Waals surface area contributed by atoms with Gasteiger partial charge in [0.05, 0.1) is 19.6 Å². The number of unbranched alkanes of at least 4 members (excludes halogenated alkanes) is 2. The normalized spacial score (nSPS) is 13.5. The van der Waals surface area contributed by atoms with Crippen LogP contribution in [0.4, 0.5) is 11.9 Å². The van der Waals surface area contributed by atoms with Crippen molar-refractivity contribution in [2.45, 2.75) is 45.2 Å².